The summed E-state index contributed by atoms with van der Waals surface area (Å²) < 4.78 is 7.39. The van der Waals surface area contributed by atoms with Gasteiger partial charge < -0.3 is 14.9 Å². The number of para-hydroxylation sites is 1. The van der Waals surface area contributed by atoms with E-state index in [4.69, 9.17) is 14.9 Å². The number of carboxylic acids is 1. The molecule has 0 aliphatic rings. The minimum absolute atomic E-state index is 0.222. The van der Waals surface area contributed by atoms with Crippen molar-refractivity contribution in [3.8, 4) is 5.88 Å². The number of fused-ring (bicyclic) bond motifs is 1. The number of nitrogens with zero attached hydrogens (tertiary/aromatic N) is 1. The van der Waals surface area contributed by atoms with Crippen LogP contribution in [0.4, 0.5) is 0 Å². The maximum absolute atomic E-state index is 9.37. The van der Waals surface area contributed by atoms with Gasteiger partial charge >= 0.3 is 5.97 Å². The molecule has 22 heavy (non-hydrogen) atoms. The average Bonchev–Trinajstić information content (AvgIpc) is 3.14. The van der Waals surface area contributed by atoms with Gasteiger partial charge in [0.15, 0.2) is 0 Å². The van der Waals surface area contributed by atoms with Crippen molar-refractivity contribution in [2.45, 2.75) is 20.3 Å². The van der Waals surface area contributed by atoms with E-state index in [2.05, 4.69) is 0 Å². The smallest absolute Gasteiger partial charge is 0.303 e. The molecule has 0 amide bonds. The first-order chi connectivity index (χ1) is 10.5. The van der Waals surface area contributed by atoms with Crippen LogP contribution in [0.3, 0.4) is 0 Å². The minimum Gasteiger partial charge on any atom is -0.481 e. The molecule has 0 fully saturated rings. The Hall–Kier alpha value is -2.82. The summed E-state index contributed by atoms with van der Waals surface area (Å²) >= 11 is 0. The first-order valence-electron chi connectivity index (χ1n) is 6.95. The van der Waals surface area contributed by atoms with E-state index < -0.39 is 5.97 Å². The lowest BCUT2D eigenvalue weighted by Gasteiger charge is -1.99. The van der Waals surface area contributed by atoms with Crippen molar-refractivity contribution in [1.29, 1.82) is 5.41 Å². The molecule has 0 aliphatic heterocycles. The van der Waals surface area contributed by atoms with Crippen molar-refractivity contribution in [3.63, 3.8) is 0 Å². The molecule has 2 N–H and O–H groups in total. The molecule has 3 rings (SSSR count). The minimum atomic E-state index is -0.745. The topological polar surface area (TPSA) is 79.2 Å². The number of hydrogen-bond acceptors (Lipinski definition) is 3. The lowest BCUT2D eigenvalue weighted by Crippen LogP contribution is -1.90. The molecule has 0 spiro atoms. The molecule has 0 saturated heterocycles. The molecule has 1 aromatic carbocycles. The van der Waals surface area contributed by atoms with Crippen LogP contribution in [0.5, 0.6) is 0 Å². The number of benzene rings is 1. The SMILES string of the molecule is CC(=N)c1cn(-c2ccco2)c2ccccc12.CCC(=O)O. The van der Waals surface area contributed by atoms with Crippen molar-refractivity contribution in [2.75, 3.05) is 0 Å². The Labute approximate surface area is 128 Å². The van der Waals surface area contributed by atoms with Crippen LogP contribution in [0.2, 0.25) is 0 Å². The molecule has 3 aromatic rings. The summed E-state index contributed by atoms with van der Waals surface area (Å²) in [5.41, 5.74) is 2.56. The Morgan fingerprint density at radius 2 is 1.95 bits per heavy atom. The molecule has 0 bridgehead atoms. The van der Waals surface area contributed by atoms with Gasteiger partial charge in [-0.3, -0.25) is 9.36 Å². The number of aliphatic carboxylic acids is 1. The van der Waals surface area contributed by atoms with Crippen LogP contribution >= 0.6 is 0 Å². The van der Waals surface area contributed by atoms with Gasteiger partial charge in [0.2, 0.25) is 5.88 Å². The van der Waals surface area contributed by atoms with Gasteiger partial charge in [-0.25, -0.2) is 0 Å². The van der Waals surface area contributed by atoms with E-state index in [1.165, 1.54) is 0 Å². The van der Waals surface area contributed by atoms with Crippen molar-refractivity contribution in [2.24, 2.45) is 0 Å². The highest BCUT2D eigenvalue weighted by Gasteiger charge is 2.11. The predicted molar refractivity (Wildman–Crippen MR) is 86.0 cm³/mol. The molecular weight excluding hydrogens is 280 g/mol. The number of nitrogens with one attached hydrogen (secondary N) is 1. The third-order valence-electron chi connectivity index (χ3n) is 3.16. The monoisotopic (exact) mass is 298 g/mol. The van der Waals surface area contributed by atoms with Crippen molar-refractivity contribution < 1.29 is 14.3 Å². The maximum Gasteiger partial charge on any atom is 0.303 e. The highest BCUT2D eigenvalue weighted by molar-refractivity contribution is 6.08. The largest absolute Gasteiger partial charge is 0.481 e. The molecule has 0 saturated carbocycles. The second-order valence-electron chi connectivity index (χ2n) is 4.75. The molecule has 0 unspecified atom stereocenters. The number of carbonyl (C=O) groups is 1. The van der Waals surface area contributed by atoms with Crippen LogP contribution < -0.4 is 0 Å². The number of carboxylic acid groups (broad SMARTS) is 1. The zero-order valence-corrected chi connectivity index (χ0v) is 12.5. The van der Waals surface area contributed by atoms with Crippen molar-refractivity contribution >= 4 is 22.6 Å². The van der Waals surface area contributed by atoms with Gasteiger partial charge in [0.1, 0.15) is 0 Å². The van der Waals surface area contributed by atoms with Crippen LogP contribution in [0.25, 0.3) is 16.8 Å². The summed E-state index contributed by atoms with van der Waals surface area (Å²) in [6, 6.07) is 11.8. The zero-order chi connectivity index (χ0) is 16.1. The summed E-state index contributed by atoms with van der Waals surface area (Å²) in [4.78, 5) is 9.37. The van der Waals surface area contributed by atoms with E-state index in [1.54, 1.807) is 20.1 Å². The standard InChI is InChI=1S/C14H12N2O.C3H6O2/c1-10(15)12-9-16(14-7-4-8-17-14)13-6-3-2-5-11(12)13;1-2-3(4)5/h2-9,15H,1H3;2H2,1H3,(H,4,5). The van der Waals surface area contributed by atoms with Crippen LogP contribution in [0, 0.1) is 5.41 Å². The summed E-state index contributed by atoms with van der Waals surface area (Å²) in [6.07, 6.45) is 3.83. The van der Waals surface area contributed by atoms with Crippen LogP contribution in [-0.2, 0) is 4.79 Å². The molecule has 5 nitrogen and oxygen atoms in total. The van der Waals surface area contributed by atoms with Crippen molar-refractivity contribution in [3.05, 3.63) is 54.4 Å². The Balaban J connectivity index is 0.000000309. The van der Waals surface area contributed by atoms with Gasteiger partial charge in [0.05, 0.1) is 11.8 Å². The fourth-order valence-corrected chi connectivity index (χ4v) is 2.07. The predicted octanol–water partition coefficient (Wildman–Crippen LogP) is 4.09. The fraction of sp³-hybridized carbons (Fsp3) is 0.176. The average molecular weight is 298 g/mol. The maximum atomic E-state index is 9.37. The molecule has 0 aliphatic carbocycles. The first kappa shape index (κ1) is 15.6. The number of rotatable bonds is 3. The number of aromatic nitrogens is 1. The van der Waals surface area contributed by atoms with E-state index in [-0.39, 0.29) is 6.42 Å². The van der Waals surface area contributed by atoms with E-state index in [0.717, 1.165) is 22.4 Å². The van der Waals surface area contributed by atoms with Crippen LogP contribution in [0.15, 0.2) is 53.3 Å². The van der Waals surface area contributed by atoms with Gasteiger partial charge in [-0.1, -0.05) is 25.1 Å². The van der Waals surface area contributed by atoms with Crippen LogP contribution in [0.1, 0.15) is 25.8 Å². The van der Waals surface area contributed by atoms with E-state index in [1.807, 2.05) is 47.2 Å². The van der Waals surface area contributed by atoms with E-state index >= 15 is 0 Å². The molecular formula is C17H18N2O3. The third-order valence-corrected chi connectivity index (χ3v) is 3.16. The van der Waals surface area contributed by atoms with Crippen molar-refractivity contribution in [1.82, 2.24) is 4.57 Å². The summed E-state index contributed by atoms with van der Waals surface area (Å²) in [5.74, 6) is 0.0266. The Bertz CT molecular complexity index is 785. The quantitative estimate of drug-likeness (QED) is 0.715. The molecule has 2 heterocycles. The Kier molecular flexibility index (Phi) is 4.78. The van der Waals surface area contributed by atoms with E-state index in [9.17, 15) is 4.79 Å². The molecule has 0 atom stereocenters. The molecule has 2 aromatic heterocycles. The summed E-state index contributed by atoms with van der Waals surface area (Å²) in [5, 5.41) is 16.6. The number of hydrogen-bond donors (Lipinski definition) is 2. The van der Waals surface area contributed by atoms with Gasteiger partial charge in [-0.15, -0.1) is 0 Å². The summed E-state index contributed by atoms with van der Waals surface area (Å²) in [7, 11) is 0. The Morgan fingerprint density at radius 1 is 1.27 bits per heavy atom. The molecule has 5 heteroatoms. The normalized spacial score (nSPS) is 10.1. The highest BCUT2D eigenvalue weighted by atomic mass is 16.4. The zero-order valence-electron chi connectivity index (χ0n) is 12.5. The lowest BCUT2D eigenvalue weighted by molar-refractivity contribution is -0.136. The lowest BCUT2D eigenvalue weighted by atomic mass is 10.1. The number of furan rings is 1. The van der Waals surface area contributed by atoms with Gasteiger partial charge in [-0.2, -0.15) is 0 Å². The Morgan fingerprint density at radius 3 is 2.50 bits per heavy atom. The fourth-order valence-electron chi connectivity index (χ4n) is 2.07. The summed E-state index contributed by atoms with van der Waals surface area (Å²) in [6.45, 7) is 3.40. The molecule has 114 valence electrons. The highest BCUT2D eigenvalue weighted by Crippen LogP contribution is 2.25. The molecule has 0 radical (unpaired) electrons. The van der Waals surface area contributed by atoms with Crippen LogP contribution in [-0.4, -0.2) is 21.4 Å². The van der Waals surface area contributed by atoms with Gasteiger partial charge in [0.25, 0.3) is 0 Å². The second-order valence-corrected chi connectivity index (χ2v) is 4.75. The van der Waals surface area contributed by atoms with Gasteiger partial charge in [-0.05, 0) is 19.1 Å². The second kappa shape index (κ2) is 6.76. The van der Waals surface area contributed by atoms with E-state index in [0.29, 0.717) is 5.71 Å². The van der Waals surface area contributed by atoms with Gasteiger partial charge in [0, 0.05) is 35.3 Å². The first-order valence-corrected chi connectivity index (χ1v) is 6.95. The third kappa shape index (κ3) is 3.25.